The maximum Gasteiger partial charge on any atom is 0.267 e. The van der Waals surface area contributed by atoms with Gasteiger partial charge in [0.05, 0.1) is 16.2 Å². The summed E-state index contributed by atoms with van der Waals surface area (Å²) >= 11 is 10.3. The number of benzene rings is 1. The van der Waals surface area contributed by atoms with E-state index in [0.29, 0.717) is 33.8 Å². The van der Waals surface area contributed by atoms with Crippen LogP contribution in [-0.2, 0) is 9.59 Å². The van der Waals surface area contributed by atoms with Gasteiger partial charge in [-0.1, -0.05) is 73.0 Å². The van der Waals surface area contributed by atoms with Crippen LogP contribution >= 0.6 is 39.9 Å². The van der Waals surface area contributed by atoms with Gasteiger partial charge in [-0.05, 0) is 37.5 Å². The van der Waals surface area contributed by atoms with Crippen LogP contribution in [-0.4, -0.2) is 34.1 Å². The van der Waals surface area contributed by atoms with Gasteiger partial charge in [0.25, 0.3) is 11.8 Å². The Hall–Kier alpha value is -1.18. The summed E-state index contributed by atoms with van der Waals surface area (Å²) in [6.45, 7) is 7.47. The van der Waals surface area contributed by atoms with Crippen molar-refractivity contribution in [1.82, 2.24) is 4.90 Å². The minimum absolute atomic E-state index is 0.117. The molecule has 1 fully saturated rings. The second kappa shape index (κ2) is 9.09. The zero-order chi connectivity index (χ0) is 20.4. The van der Waals surface area contributed by atoms with Crippen molar-refractivity contribution in [3.8, 4) is 0 Å². The third-order valence-corrected chi connectivity index (χ3v) is 7.30. The average Bonchev–Trinajstić information content (AvgIpc) is 3.10. The first-order chi connectivity index (χ1) is 13.4. The standard InChI is InChI=1S/C21H25BrN2O2S2/c1-4-7-8-13(5-2)12-24-20(26)18(28-21(24)27)17-15-11-14(22)9-10-16(15)23(6-3)19(17)25/h9-11,13H,4-8,12H2,1-3H3. The maximum atomic E-state index is 13.2. The summed E-state index contributed by atoms with van der Waals surface area (Å²) in [6.07, 6.45) is 4.40. The van der Waals surface area contributed by atoms with Crippen LogP contribution in [0.5, 0.6) is 0 Å². The number of carbonyl (C=O) groups is 2. The summed E-state index contributed by atoms with van der Waals surface area (Å²) in [4.78, 5) is 30.2. The molecule has 1 saturated heterocycles. The van der Waals surface area contributed by atoms with Gasteiger partial charge in [0, 0.05) is 23.1 Å². The monoisotopic (exact) mass is 480 g/mol. The van der Waals surface area contributed by atoms with Crippen molar-refractivity contribution in [1.29, 1.82) is 0 Å². The molecular formula is C21H25BrN2O2S2. The quantitative estimate of drug-likeness (QED) is 0.375. The van der Waals surface area contributed by atoms with Crippen molar-refractivity contribution in [2.75, 3.05) is 18.0 Å². The lowest BCUT2D eigenvalue weighted by Crippen LogP contribution is -2.33. The van der Waals surface area contributed by atoms with E-state index >= 15 is 0 Å². The molecule has 3 rings (SSSR count). The topological polar surface area (TPSA) is 40.6 Å². The highest BCUT2D eigenvalue weighted by molar-refractivity contribution is 9.10. The molecule has 2 heterocycles. The fraction of sp³-hybridized carbons (Fsp3) is 0.476. The zero-order valence-electron chi connectivity index (χ0n) is 16.5. The molecule has 1 aromatic carbocycles. The van der Waals surface area contributed by atoms with Gasteiger partial charge in [0.15, 0.2) is 0 Å². The molecular weight excluding hydrogens is 456 g/mol. The van der Waals surface area contributed by atoms with Gasteiger partial charge in [-0.25, -0.2) is 0 Å². The number of thiocarbonyl (C=S) groups is 1. The summed E-state index contributed by atoms with van der Waals surface area (Å²) < 4.78 is 1.44. The molecule has 7 heteroatoms. The second-order valence-electron chi connectivity index (χ2n) is 7.12. The van der Waals surface area contributed by atoms with Gasteiger partial charge in [0.2, 0.25) is 0 Å². The Labute approximate surface area is 184 Å². The molecule has 0 radical (unpaired) electrons. The molecule has 1 atom stereocenters. The lowest BCUT2D eigenvalue weighted by Gasteiger charge is -2.21. The van der Waals surface area contributed by atoms with Crippen LogP contribution < -0.4 is 4.90 Å². The summed E-state index contributed by atoms with van der Waals surface area (Å²) in [5.41, 5.74) is 2.14. The minimum atomic E-state index is -0.128. The van der Waals surface area contributed by atoms with Gasteiger partial charge >= 0.3 is 0 Å². The van der Waals surface area contributed by atoms with Crippen LogP contribution in [0.4, 0.5) is 5.69 Å². The predicted octanol–water partition coefficient (Wildman–Crippen LogP) is 5.60. The second-order valence-corrected chi connectivity index (χ2v) is 9.68. The Morgan fingerprint density at radius 2 is 1.89 bits per heavy atom. The maximum absolute atomic E-state index is 13.2. The van der Waals surface area contributed by atoms with Crippen LogP contribution in [0.2, 0.25) is 0 Å². The zero-order valence-corrected chi connectivity index (χ0v) is 19.7. The number of fused-ring (bicyclic) bond motifs is 1. The molecule has 1 unspecified atom stereocenters. The lowest BCUT2D eigenvalue weighted by atomic mass is 9.98. The fourth-order valence-electron chi connectivity index (χ4n) is 3.72. The first-order valence-corrected chi connectivity index (χ1v) is 11.8. The Balaban J connectivity index is 1.97. The molecule has 0 spiro atoms. The van der Waals surface area contributed by atoms with Crippen LogP contribution in [0.25, 0.3) is 5.57 Å². The smallest absolute Gasteiger partial charge is 0.267 e. The largest absolute Gasteiger partial charge is 0.308 e. The van der Waals surface area contributed by atoms with Gasteiger partial charge in [0.1, 0.15) is 4.32 Å². The molecule has 28 heavy (non-hydrogen) atoms. The Morgan fingerprint density at radius 1 is 1.14 bits per heavy atom. The molecule has 1 aromatic rings. The van der Waals surface area contributed by atoms with E-state index in [1.807, 2.05) is 25.1 Å². The van der Waals surface area contributed by atoms with Crippen molar-refractivity contribution in [3.05, 3.63) is 33.1 Å². The van der Waals surface area contributed by atoms with Gasteiger partial charge < -0.3 is 4.90 Å². The molecule has 150 valence electrons. The highest BCUT2D eigenvalue weighted by atomic mass is 79.9. The van der Waals surface area contributed by atoms with Gasteiger partial charge in [-0.3, -0.25) is 14.5 Å². The molecule has 0 aromatic heterocycles. The summed E-state index contributed by atoms with van der Waals surface area (Å²) in [6, 6.07) is 5.76. The summed E-state index contributed by atoms with van der Waals surface area (Å²) in [7, 11) is 0. The van der Waals surface area contributed by atoms with Crippen LogP contribution in [0, 0.1) is 5.92 Å². The number of unbranched alkanes of at least 4 members (excludes halogenated alkanes) is 1. The molecule has 0 saturated carbocycles. The number of amides is 2. The van der Waals surface area contributed by atoms with E-state index in [1.54, 1.807) is 9.80 Å². The number of hydrogen-bond donors (Lipinski definition) is 0. The van der Waals surface area contributed by atoms with E-state index in [9.17, 15) is 9.59 Å². The number of hydrogen-bond acceptors (Lipinski definition) is 4. The van der Waals surface area contributed by atoms with Crippen LogP contribution in [0.15, 0.2) is 27.6 Å². The third kappa shape index (κ3) is 3.94. The molecule has 2 aliphatic rings. The highest BCUT2D eigenvalue weighted by Crippen LogP contribution is 2.45. The van der Waals surface area contributed by atoms with Gasteiger partial charge in [-0.2, -0.15) is 0 Å². The summed E-state index contributed by atoms with van der Waals surface area (Å²) in [5.74, 6) is 0.186. The minimum Gasteiger partial charge on any atom is -0.308 e. The number of halogens is 1. The average molecular weight is 481 g/mol. The first kappa shape index (κ1) is 21.5. The van der Waals surface area contributed by atoms with Crippen LogP contribution in [0.1, 0.15) is 52.0 Å². The Morgan fingerprint density at radius 3 is 2.54 bits per heavy atom. The number of likely N-dealkylation sites (N-methyl/N-ethyl adjacent to an activating group) is 1. The van der Waals surface area contributed by atoms with E-state index < -0.39 is 0 Å². The SMILES string of the molecule is CCCCC(CC)CN1C(=O)C(=C2C(=O)N(CC)c3ccc(Br)cc32)SC1=S. The molecule has 2 aliphatic heterocycles. The van der Waals surface area contributed by atoms with E-state index in [0.717, 1.165) is 41.4 Å². The highest BCUT2D eigenvalue weighted by Gasteiger charge is 2.42. The number of rotatable bonds is 7. The molecule has 0 bridgehead atoms. The predicted molar refractivity (Wildman–Crippen MR) is 124 cm³/mol. The van der Waals surface area contributed by atoms with Crippen molar-refractivity contribution < 1.29 is 9.59 Å². The number of carbonyl (C=O) groups excluding carboxylic acids is 2. The first-order valence-electron chi connectivity index (χ1n) is 9.82. The number of anilines is 1. The summed E-state index contributed by atoms with van der Waals surface area (Å²) in [5, 5.41) is 0. The molecule has 0 N–H and O–H groups in total. The van der Waals surface area contributed by atoms with E-state index in [2.05, 4.69) is 29.8 Å². The third-order valence-electron chi connectivity index (χ3n) is 5.35. The van der Waals surface area contributed by atoms with Crippen molar-refractivity contribution >= 4 is 67.3 Å². The van der Waals surface area contributed by atoms with Crippen LogP contribution in [0.3, 0.4) is 0 Å². The number of thioether (sulfide) groups is 1. The number of nitrogens with zero attached hydrogens (tertiary/aromatic N) is 2. The van der Waals surface area contributed by atoms with E-state index in [1.165, 1.54) is 11.8 Å². The molecule has 4 nitrogen and oxygen atoms in total. The Kier molecular flexibility index (Phi) is 6.99. The normalized spacial score (nSPS) is 20.4. The lowest BCUT2D eigenvalue weighted by molar-refractivity contribution is -0.123. The Bertz CT molecular complexity index is 853. The molecule has 2 amide bonds. The van der Waals surface area contributed by atoms with Crippen molar-refractivity contribution in [3.63, 3.8) is 0 Å². The fourth-order valence-corrected chi connectivity index (χ4v) is 5.43. The van der Waals surface area contributed by atoms with E-state index in [-0.39, 0.29) is 11.8 Å². The van der Waals surface area contributed by atoms with Gasteiger partial charge in [-0.15, -0.1) is 0 Å². The molecule has 0 aliphatic carbocycles. The van der Waals surface area contributed by atoms with Crippen molar-refractivity contribution in [2.24, 2.45) is 5.92 Å². The van der Waals surface area contributed by atoms with Crippen molar-refractivity contribution in [2.45, 2.75) is 46.5 Å². The van der Waals surface area contributed by atoms with E-state index in [4.69, 9.17) is 12.2 Å².